The van der Waals surface area contributed by atoms with Crippen LogP contribution in [0.5, 0.6) is 0 Å². The van der Waals surface area contributed by atoms with Crippen LogP contribution in [-0.4, -0.2) is 6.54 Å². The molecule has 0 radical (unpaired) electrons. The van der Waals surface area contributed by atoms with Crippen molar-refractivity contribution in [3.8, 4) is 0 Å². The molecule has 2 aromatic rings. The average molecular weight is 354 g/mol. The van der Waals surface area contributed by atoms with Gasteiger partial charge in [0.1, 0.15) is 11.4 Å². The molecule has 0 atom stereocenters. The van der Waals surface area contributed by atoms with Gasteiger partial charge in [0, 0.05) is 0 Å². The van der Waals surface area contributed by atoms with Crippen LogP contribution in [0.25, 0.3) is 0 Å². The van der Waals surface area contributed by atoms with Crippen LogP contribution in [0.2, 0.25) is 0 Å². The van der Waals surface area contributed by atoms with Gasteiger partial charge in [-0.05, 0) is 37.1 Å². The fourth-order valence-corrected chi connectivity index (χ4v) is 3.57. The highest BCUT2D eigenvalue weighted by Crippen LogP contribution is 2.33. The molecule has 0 fully saturated rings. The van der Waals surface area contributed by atoms with Crippen LogP contribution in [-0.2, 0) is 0 Å². The monoisotopic (exact) mass is 353 g/mol. The molecule has 2 nitrogen and oxygen atoms in total. The second-order valence-electron chi connectivity index (χ2n) is 7.32. The minimum atomic E-state index is -0.349. The van der Waals surface area contributed by atoms with E-state index < -0.39 is 0 Å². The average Bonchev–Trinajstić information content (AvgIpc) is 2.70. The van der Waals surface area contributed by atoms with Crippen molar-refractivity contribution in [1.29, 1.82) is 0 Å². The summed E-state index contributed by atoms with van der Waals surface area (Å²) >= 11 is 0. The first-order valence-corrected chi connectivity index (χ1v) is 10.5. The Morgan fingerprint density at radius 1 is 0.577 bits per heavy atom. The topological polar surface area (TPSA) is 23.1 Å². The van der Waals surface area contributed by atoms with E-state index in [4.69, 9.17) is 0 Å². The number of benzene rings is 2. The lowest BCUT2D eigenvalue weighted by Gasteiger charge is -2.41. The van der Waals surface area contributed by atoms with Crippen molar-refractivity contribution in [2.24, 2.45) is 0 Å². The summed E-state index contributed by atoms with van der Waals surface area (Å²) in [6, 6.07) is 19.6. The number of hydrogen-bond donors (Lipinski definition) is 0. The first-order chi connectivity index (χ1) is 12.8. The van der Waals surface area contributed by atoms with E-state index in [1.54, 1.807) is 0 Å². The summed E-state index contributed by atoms with van der Waals surface area (Å²) in [4.78, 5) is 0. The Labute approximate surface area is 160 Å². The van der Waals surface area contributed by atoms with Crippen molar-refractivity contribution in [2.45, 2.75) is 71.1 Å². The molecular formula is C24H35NO. The van der Waals surface area contributed by atoms with E-state index in [9.17, 15) is 5.21 Å². The van der Waals surface area contributed by atoms with Gasteiger partial charge in [-0.2, -0.15) is 0 Å². The Bertz CT molecular complexity index is 542. The maximum atomic E-state index is 13.7. The molecule has 0 aliphatic rings. The summed E-state index contributed by atoms with van der Waals surface area (Å²) in [7, 11) is 0. The van der Waals surface area contributed by atoms with Crippen LogP contribution in [0.4, 0.5) is 11.4 Å². The van der Waals surface area contributed by atoms with Crippen LogP contribution in [0, 0.1) is 5.21 Å². The molecule has 0 saturated heterocycles. The summed E-state index contributed by atoms with van der Waals surface area (Å²) in [6.45, 7) is 2.88. The fraction of sp³-hybridized carbons (Fsp3) is 0.500. The molecule has 2 aromatic carbocycles. The Morgan fingerprint density at radius 2 is 0.962 bits per heavy atom. The van der Waals surface area contributed by atoms with Gasteiger partial charge in [0.2, 0.25) is 0 Å². The van der Waals surface area contributed by atoms with Gasteiger partial charge in [-0.15, -0.1) is 0 Å². The fourth-order valence-electron chi connectivity index (χ4n) is 3.57. The van der Waals surface area contributed by atoms with Gasteiger partial charge < -0.3 is 5.21 Å². The molecule has 26 heavy (non-hydrogen) atoms. The lowest BCUT2D eigenvalue weighted by Crippen LogP contribution is -2.38. The molecule has 2 heteroatoms. The van der Waals surface area contributed by atoms with E-state index in [0.717, 1.165) is 24.2 Å². The third-order valence-corrected chi connectivity index (χ3v) is 5.17. The maximum absolute atomic E-state index is 13.7. The zero-order valence-electron chi connectivity index (χ0n) is 16.4. The Hall–Kier alpha value is -1.64. The molecule has 142 valence electrons. The molecule has 0 aliphatic carbocycles. The van der Waals surface area contributed by atoms with E-state index >= 15 is 0 Å². The van der Waals surface area contributed by atoms with E-state index in [-0.39, 0.29) is 4.65 Å². The zero-order valence-corrected chi connectivity index (χ0v) is 16.4. The minimum Gasteiger partial charge on any atom is -0.622 e. The predicted molar refractivity (Wildman–Crippen MR) is 114 cm³/mol. The van der Waals surface area contributed by atoms with Crippen molar-refractivity contribution in [1.82, 2.24) is 4.65 Å². The number of quaternary nitrogens is 1. The zero-order chi connectivity index (χ0) is 18.5. The molecule has 0 aromatic heterocycles. The SMILES string of the molecule is CCCCCCCCCCCC[N+]([O-])(c1ccccc1)c1ccccc1. The predicted octanol–water partition coefficient (Wildman–Crippen LogP) is 7.74. The Balaban J connectivity index is 1.78. The van der Waals surface area contributed by atoms with Crippen molar-refractivity contribution in [2.75, 3.05) is 6.54 Å². The number of nitrogens with zero attached hydrogens (tertiary/aromatic N) is 1. The van der Waals surface area contributed by atoms with Gasteiger partial charge in [0.15, 0.2) is 0 Å². The molecule has 0 aliphatic heterocycles. The van der Waals surface area contributed by atoms with Crippen LogP contribution in [0.3, 0.4) is 0 Å². The van der Waals surface area contributed by atoms with Gasteiger partial charge in [-0.3, -0.25) is 4.65 Å². The van der Waals surface area contributed by atoms with Gasteiger partial charge >= 0.3 is 0 Å². The van der Waals surface area contributed by atoms with Crippen LogP contribution in [0.1, 0.15) is 71.1 Å². The van der Waals surface area contributed by atoms with Gasteiger partial charge in [0.25, 0.3) is 0 Å². The van der Waals surface area contributed by atoms with Crippen molar-refractivity contribution in [3.63, 3.8) is 0 Å². The Kier molecular flexibility index (Phi) is 9.44. The van der Waals surface area contributed by atoms with Crippen LogP contribution in [0.15, 0.2) is 60.7 Å². The first-order valence-electron chi connectivity index (χ1n) is 10.5. The van der Waals surface area contributed by atoms with E-state index in [2.05, 4.69) is 6.92 Å². The molecule has 0 N–H and O–H groups in total. The summed E-state index contributed by atoms with van der Waals surface area (Å²) in [5.41, 5.74) is 1.66. The second-order valence-corrected chi connectivity index (χ2v) is 7.32. The van der Waals surface area contributed by atoms with Crippen molar-refractivity contribution >= 4 is 11.4 Å². The molecule has 0 amide bonds. The molecule has 0 unspecified atom stereocenters. The highest BCUT2D eigenvalue weighted by molar-refractivity contribution is 5.58. The molecule has 2 rings (SSSR count). The highest BCUT2D eigenvalue weighted by Gasteiger charge is 2.22. The first kappa shape index (κ1) is 20.7. The van der Waals surface area contributed by atoms with Gasteiger partial charge in [-0.25, -0.2) is 0 Å². The van der Waals surface area contributed by atoms with Crippen molar-refractivity contribution in [3.05, 3.63) is 65.9 Å². The lowest BCUT2D eigenvalue weighted by atomic mass is 10.1. The lowest BCUT2D eigenvalue weighted by molar-refractivity contribution is 0.465. The molecular weight excluding hydrogens is 318 g/mol. The number of hydroxylamine groups is 1. The maximum Gasteiger partial charge on any atom is 0.137 e. The normalized spacial score (nSPS) is 11.6. The molecule has 0 heterocycles. The van der Waals surface area contributed by atoms with Crippen LogP contribution >= 0.6 is 0 Å². The number of unbranched alkanes of at least 4 members (excludes halogenated alkanes) is 9. The van der Waals surface area contributed by atoms with Crippen molar-refractivity contribution < 1.29 is 0 Å². The third kappa shape index (κ3) is 6.59. The van der Waals surface area contributed by atoms with E-state index in [0.29, 0.717) is 6.54 Å². The quantitative estimate of drug-likeness (QED) is 0.205. The van der Waals surface area contributed by atoms with Gasteiger partial charge in [-0.1, -0.05) is 94.7 Å². The highest BCUT2D eigenvalue weighted by atomic mass is 16.5. The smallest absolute Gasteiger partial charge is 0.137 e. The number of rotatable bonds is 13. The summed E-state index contributed by atoms with van der Waals surface area (Å²) in [6.07, 6.45) is 12.9. The standard InChI is InChI=1S/C24H35NO/c1-2-3-4-5-6-7-8-9-10-17-22-25(26,23-18-13-11-14-19-23)24-20-15-12-16-21-24/h11-16,18-21H,2-10,17,22H2,1H3. The number of hydrogen-bond acceptors (Lipinski definition) is 1. The summed E-state index contributed by atoms with van der Waals surface area (Å²) in [5.74, 6) is 0. The van der Waals surface area contributed by atoms with Gasteiger partial charge in [0.05, 0.1) is 6.54 Å². The number of para-hydroxylation sites is 2. The summed E-state index contributed by atoms with van der Waals surface area (Å²) < 4.78 is -0.349. The largest absolute Gasteiger partial charge is 0.622 e. The second kappa shape index (κ2) is 11.9. The Morgan fingerprint density at radius 3 is 1.38 bits per heavy atom. The minimum absolute atomic E-state index is 0.349. The summed E-state index contributed by atoms with van der Waals surface area (Å²) in [5, 5.41) is 13.7. The molecule has 0 bridgehead atoms. The van der Waals surface area contributed by atoms with Crippen LogP contribution < -0.4 is 4.65 Å². The van der Waals surface area contributed by atoms with E-state index in [1.807, 2.05) is 60.7 Å². The molecule has 0 saturated carbocycles. The third-order valence-electron chi connectivity index (χ3n) is 5.17. The molecule has 0 spiro atoms. The van der Waals surface area contributed by atoms with E-state index in [1.165, 1.54) is 51.4 Å².